The van der Waals surface area contributed by atoms with Crippen LogP contribution in [-0.4, -0.2) is 32.4 Å². The highest BCUT2D eigenvalue weighted by molar-refractivity contribution is 5.87. The lowest BCUT2D eigenvalue weighted by Gasteiger charge is -2.33. The van der Waals surface area contributed by atoms with Gasteiger partial charge in [0.1, 0.15) is 0 Å². The maximum Gasteiger partial charge on any atom is 0.439 e. The molecule has 1 aromatic carbocycles. The van der Waals surface area contributed by atoms with E-state index in [9.17, 15) is 9.59 Å². The van der Waals surface area contributed by atoms with E-state index in [1.165, 1.54) is 0 Å². The van der Waals surface area contributed by atoms with E-state index in [1.54, 1.807) is 0 Å². The molecule has 3 rings (SSSR count). The third-order valence-corrected chi connectivity index (χ3v) is 4.23. The van der Waals surface area contributed by atoms with Gasteiger partial charge in [0.15, 0.2) is 5.60 Å². The molecule has 1 heterocycles. The number of nitrogens with one attached hydrogen (secondary N) is 1. The van der Waals surface area contributed by atoms with Crippen LogP contribution in [0.2, 0.25) is 0 Å². The van der Waals surface area contributed by atoms with Crippen molar-refractivity contribution in [3.05, 3.63) is 30.3 Å². The molecule has 1 aromatic heterocycles. The van der Waals surface area contributed by atoms with Crippen LogP contribution in [-0.2, 0) is 9.53 Å². The van der Waals surface area contributed by atoms with Gasteiger partial charge in [-0.25, -0.2) is 4.79 Å². The first-order valence-electron chi connectivity index (χ1n) is 8.08. The number of amides is 1. The summed E-state index contributed by atoms with van der Waals surface area (Å²) in [6, 6.07) is 9.20. The number of para-hydroxylation sites is 1. The third kappa shape index (κ3) is 3.54. The Labute approximate surface area is 144 Å². The summed E-state index contributed by atoms with van der Waals surface area (Å²) in [5, 5.41) is 6.94. The van der Waals surface area contributed by atoms with Crippen molar-refractivity contribution in [2.24, 2.45) is 5.73 Å². The highest BCUT2D eigenvalue weighted by Gasteiger charge is 2.42. The zero-order valence-corrected chi connectivity index (χ0v) is 13.6. The molecule has 0 saturated heterocycles. The molecule has 2 aromatic rings. The second kappa shape index (κ2) is 6.80. The fraction of sp³-hybridized carbons (Fsp3) is 0.375. The summed E-state index contributed by atoms with van der Waals surface area (Å²) in [5.74, 6) is -0.641. The van der Waals surface area contributed by atoms with Crippen molar-refractivity contribution in [3.63, 3.8) is 0 Å². The fourth-order valence-electron chi connectivity index (χ4n) is 2.89. The van der Waals surface area contributed by atoms with E-state index in [4.69, 9.17) is 16.2 Å². The van der Waals surface area contributed by atoms with E-state index in [-0.39, 0.29) is 11.9 Å². The summed E-state index contributed by atoms with van der Waals surface area (Å²) in [6.07, 6.45) is 2.44. The van der Waals surface area contributed by atoms with Gasteiger partial charge in [-0.3, -0.25) is 4.79 Å². The van der Waals surface area contributed by atoms with Crippen LogP contribution in [0.5, 0.6) is 0 Å². The number of aromatic nitrogens is 3. The first-order chi connectivity index (χ1) is 12.0. The molecule has 9 heteroatoms. The van der Waals surface area contributed by atoms with Crippen molar-refractivity contribution in [2.75, 3.05) is 11.1 Å². The molecule has 0 bridgehead atoms. The van der Waals surface area contributed by atoms with Gasteiger partial charge in [-0.15, -0.1) is 9.78 Å². The van der Waals surface area contributed by atoms with Crippen LogP contribution in [0.15, 0.2) is 30.3 Å². The predicted octanol–water partition coefficient (Wildman–Crippen LogP) is 1.78. The highest BCUT2D eigenvalue weighted by Crippen LogP contribution is 2.32. The van der Waals surface area contributed by atoms with Gasteiger partial charge in [-0.2, -0.15) is 4.98 Å². The van der Waals surface area contributed by atoms with Crippen molar-refractivity contribution >= 4 is 29.6 Å². The molecule has 0 aliphatic heterocycles. The predicted molar refractivity (Wildman–Crippen MR) is 91.0 cm³/mol. The Morgan fingerprint density at radius 1 is 1.16 bits per heavy atom. The first kappa shape index (κ1) is 16.7. The van der Waals surface area contributed by atoms with E-state index in [0.717, 1.165) is 29.6 Å². The SMILES string of the molecule is NC(=O)C1(OC(=O)n2nc(Nc3ccccc3)nc2N)CCCCC1. The third-order valence-electron chi connectivity index (χ3n) is 4.23. The maximum atomic E-state index is 12.4. The number of ether oxygens (including phenoxy) is 1. The second-order valence-corrected chi connectivity index (χ2v) is 5.98. The summed E-state index contributed by atoms with van der Waals surface area (Å²) in [5.41, 5.74) is 10.7. The Kier molecular flexibility index (Phi) is 4.55. The number of anilines is 3. The molecule has 0 spiro atoms. The zero-order chi connectivity index (χ0) is 17.9. The van der Waals surface area contributed by atoms with E-state index >= 15 is 0 Å². The van der Waals surface area contributed by atoms with Crippen molar-refractivity contribution < 1.29 is 14.3 Å². The van der Waals surface area contributed by atoms with Crippen molar-refractivity contribution in [1.82, 2.24) is 14.8 Å². The molecule has 25 heavy (non-hydrogen) atoms. The molecule has 1 aliphatic rings. The molecule has 5 N–H and O–H groups in total. The van der Waals surface area contributed by atoms with Crippen LogP contribution in [0.4, 0.5) is 22.4 Å². The first-order valence-corrected chi connectivity index (χ1v) is 8.08. The number of hydrogen-bond acceptors (Lipinski definition) is 7. The number of hydrogen-bond donors (Lipinski definition) is 3. The van der Waals surface area contributed by atoms with E-state index in [0.29, 0.717) is 12.8 Å². The number of carbonyl (C=O) groups is 2. The topological polar surface area (TPSA) is 138 Å². The minimum absolute atomic E-state index is 0.140. The molecule has 132 valence electrons. The van der Waals surface area contributed by atoms with Crippen LogP contribution in [0, 0.1) is 0 Å². The standard InChI is InChI=1S/C16H20N6O3/c17-12(23)16(9-5-2-6-10-16)25-15(24)22-13(18)20-14(21-22)19-11-7-3-1-4-8-11/h1,3-4,7-8H,2,5-6,9-10H2,(H2,17,23)(H3,18,19,20,21). The Morgan fingerprint density at radius 2 is 1.84 bits per heavy atom. The van der Waals surface area contributed by atoms with Gasteiger partial charge in [0.25, 0.3) is 5.91 Å². The van der Waals surface area contributed by atoms with Crippen LogP contribution in [0.3, 0.4) is 0 Å². The van der Waals surface area contributed by atoms with Crippen LogP contribution in [0.25, 0.3) is 0 Å². The Balaban J connectivity index is 1.77. The normalized spacial score (nSPS) is 16.2. The molecule has 0 radical (unpaired) electrons. The number of nitrogens with zero attached hydrogens (tertiary/aromatic N) is 3. The quantitative estimate of drug-likeness (QED) is 0.768. The summed E-state index contributed by atoms with van der Waals surface area (Å²) in [7, 11) is 0. The number of nitrogens with two attached hydrogens (primary N) is 2. The number of primary amides is 1. The number of carbonyl (C=O) groups excluding carboxylic acids is 2. The fourth-order valence-corrected chi connectivity index (χ4v) is 2.89. The van der Waals surface area contributed by atoms with Gasteiger partial charge in [-0.1, -0.05) is 24.6 Å². The van der Waals surface area contributed by atoms with Gasteiger partial charge in [0, 0.05) is 5.69 Å². The maximum absolute atomic E-state index is 12.4. The molecule has 1 amide bonds. The molecule has 1 aliphatic carbocycles. The number of benzene rings is 1. The average molecular weight is 344 g/mol. The Bertz CT molecular complexity index is 767. The van der Waals surface area contributed by atoms with Crippen molar-refractivity contribution in [1.29, 1.82) is 0 Å². The monoisotopic (exact) mass is 344 g/mol. The van der Waals surface area contributed by atoms with E-state index in [2.05, 4.69) is 15.4 Å². The molecule has 0 atom stereocenters. The smallest absolute Gasteiger partial charge is 0.431 e. The van der Waals surface area contributed by atoms with Gasteiger partial charge in [0.05, 0.1) is 0 Å². The van der Waals surface area contributed by atoms with Crippen LogP contribution < -0.4 is 16.8 Å². The van der Waals surface area contributed by atoms with E-state index < -0.39 is 17.6 Å². The molecule has 9 nitrogen and oxygen atoms in total. The van der Waals surface area contributed by atoms with E-state index in [1.807, 2.05) is 30.3 Å². The Morgan fingerprint density at radius 3 is 2.48 bits per heavy atom. The van der Waals surface area contributed by atoms with Crippen LogP contribution >= 0.6 is 0 Å². The van der Waals surface area contributed by atoms with Gasteiger partial charge in [-0.05, 0) is 37.8 Å². The van der Waals surface area contributed by atoms with Gasteiger partial charge in [0.2, 0.25) is 11.9 Å². The average Bonchev–Trinajstić information content (AvgIpc) is 2.97. The minimum atomic E-state index is -1.30. The molecule has 0 unspecified atom stereocenters. The summed E-state index contributed by atoms with van der Waals surface area (Å²) in [6.45, 7) is 0. The van der Waals surface area contributed by atoms with Crippen molar-refractivity contribution in [2.45, 2.75) is 37.7 Å². The number of rotatable bonds is 4. The zero-order valence-electron chi connectivity index (χ0n) is 13.6. The lowest BCUT2D eigenvalue weighted by molar-refractivity contribution is -0.139. The summed E-state index contributed by atoms with van der Waals surface area (Å²) in [4.78, 5) is 28.3. The molecular weight excluding hydrogens is 324 g/mol. The van der Waals surface area contributed by atoms with Crippen molar-refractivity contribution in [3.8, 4) is 0 Å². The summed E-state index contributed by atoms with van der Waals surface area (Å²) >= 11 is 0. The van der Waals surface area contributed by atoms with Gasteiger partial charge >= 0.3 is 6.09 Å². The lowest BCUT2D eigenvalue weighted by Crippen LogP contribution is -2.49. The van der Waals surface area contributed by atoms with Gasteiger partial charge < -0.3 is 21.5 Å². The Hall–Kier alpha value is -3.10. The lowest BCUT2D eigenvalue weighted by atomic mass is 9.84. The largest absolute Gasteiger partial charge is 0.439 e. The second-order valence-electron chi connectivity index (χ2n) is 5.98. The molecule has 1 saturated carbocycles. The molecule has 1 fully saturated rings. The minimum Gasteiger partial charge on any atom is -0.431 e. The van der Waals surface area contributed by atoms with Crippen LogP contribution in [0.1, 0.15) is 32.1 Å². The summed E-state index contributed by atoms with van der Waals surface area (Å²) < 4.78 is 6.23. The highest BCUT2D eigenvalue weighted by atomic mass is 16.6. The number of nitrogen functional groups attached to an aromatic ring is 1. The molecular formula is C16H20N6O3.